The number of morpholine rings is 1. The lowest BCUT2D eigenvalue weighted by Gasteiger charge is -2.26. The summed E-state index contributed by atoms with van der Waals surface area (Å²) in [7, 11) is 1.92. The van der Waals surface area contributed by atoms with Crippen molar-refractivity contribution >= 4 is 28.0 Å². The van der Waals surface area contributed by atoms with E-state index in [1.165, 1.54) is 0 Å². The molecule has 1 aliphatic heterocycles. The first-order valence-corrected chi connectivity index (χ1v) is 10.8. The summed E-state index contributed by atoms with van der Waals surface area (Å²) in [5, 5.41) is 19.0. The number of para-hydroxylation sites is 2. The Morgan fingerprint density at radius 3 is 2.48 bits per heavy atom. The zero-order chi connectivity index (χ0) is 22.9. The highest BCUT2D eigenvalue weighted by molar-refractivity contribution is 5.99. The molecule has 0 radical (unpaired) electrons. The fraction of sp³-hybridized carbons (Fsp3) is 0.348. The number of anilines is 1. The number of fused-ring (bicyclic) bond motifs is 2. The average molecular weight is 441 g/mol. The Morgan fingerprint density at radius 2 is 1.76 bits per heavy atom. The van der Waals surface area contributed by atoms with E-state index < -0.39 is 0 Å². The van der Waals surface area contributed by atoms with Crippen LogP contribution in [-0.4, -0.2) is 61.8 Å². The van der Waals surface area contributed by atoms with E-state index in [1.54, 1.807) is 0 Å². The Labute approximate surface area is 190 Å². The molecule has 1 fully saturated rings. The maximum Gasteiger partial charge on any atom is 0.179 e. The third kappa shape index (κ3) is 3.55. The van der Waals surface area contributed by atoms with Gasteiger partial charge in [0.25, 0.3) is 0 Å². The van der Waals surface area contributed by atoms with Gasteiger partial charge in [-0.25, -0.2) is 15.0 Å². The van der Waals surface area contributed by atoms with E-state index in [1.807, 2.05) is 52.6 Å². The number of benzene rings is 1. The molecule has 0 atom stereocenters. The van der Waals surface area contributed by atoms with E-state index in [0.29, 0.717) is 34.9 Å². The van der Waals surface area contributed by atoms with E-state index in [4.69, 9.17) is 15.5 Å². The molecule has 4 aromatic rings. The van der Waals surface area contributed by atoms with E-state index >= 15 is 0 Å². The summed E-state index contributed by atoms with van der Waals surface area (Å²) in [6.07, 6.45) is 0.847. The van der Waals surface area contributed by atoms with Gasteiger partial charge in [-0.1, -0.05) is 12.1 Å². The molecule has 1 aliphatic rings. The van der Waals surface area contributed by atoms with Gasteiger partial charge in [-0.15, -0.1) is 0 Å². The number of aryl methyl sites for hydroxylation is 2. The summed E-state index contributed by atoms with van der Waals surface area (Å²) in [5.74, 6) is 1.12. The van der Waals surface area contributed by atoms with E-state index in [2.05, 4.69) is 14.9 Å². The fourth-order valence-electron chi connectivity index (χ4n) is 4.40. The second kappa shape index (κ2) is 8.51. The zero-order valence-electron chi connectivity index (χ0n) is 18.3. The first-order chi connectivity index (χ1) is 16.1. The molecular formula is C23H23N9O. The Kier molecular flexibility index (Phi) is 5.38. The number of aromatic nitrogens is 5. The molecule has 5 rings (SSSR count). The third-order valence-electron chi connectivity index (χ3n) is 6.10. The van der Waals surface area contributed by atoms with Crippen LogP contribution in [0.1, 0.15) is 17.8 Å². The lowest BCUT2D eigenvalue weighted by atomic mass is 10.2. The number of nitrogens with zero attached hydrogens (tertiary/aromatic N) is 8. The molecule has 1 aromatic carbocycles. The summed E-state index contributed by atoms with van der Waals surface area (Å²) in [6, 6.07) is 11.8. The molecule has 0 aliphatic carbocycles. The van der Waals surface area contributed by atoms with Crippen LogP contribution in [0.25, 0.3) is 33.6 Å². The Bertz CT molecular complexity index is 1430. The maximum atomic E-state index is 9.52. The van der Waals surface area contributed by atoms with Crippen LogP contribution in [0.3, 0.4) is 0 Å². The molecule has 0 bridgehead atoms. The smallest absolute Gasteiger partial charge is 0.179 e. The van der Waals surface area contributed by atoms with E-state index in [-0.39, 0.29) is 11.4 Å². The molecule has 1 saturated heterocycles. The second-order valence-corrected chi connectivity index (χ2v) is 8.02. The number of nitriles is 2. The number of imidazole rings is 1. The van der Waals surface area contributed by atoms with Gasteiger partial charge in [-0.05, 0) is 18.6 Å². The minimum absolute atomic E-state index is 0.00604. The number of ether oxygens (including phenoxy) is 1. The second-order valence-electron chi connectivity index (χ2n) is 8.02. The minimum atomic E-state index is -0.0181. The summed E-state index contributed by atoms with van der Waals surface area (Å²) in [5.41, 5.74) is 10.0. The Hall–Kier alpha value is -3.99. The molecule has 2 N–H and O–H groups in total. The number of hydrogen-bond donors (Lipinski definition) is 1. The normalized spacial score (nSPS) is 14.5. The minimum Gasteiger partial charge on any atom is -0.384 e. The van der Waals surface area contributed by atoms with Crippen molar-refractivity contribution < 1.29 is 4.74 Å². The highest BCUT2D eigenvalue weighted by Crippen LogP contribution is 2.36. The van der Waals surface area contributed by atoms with Crippen molar-refractivity contribution in [3.05, 3.63) is 35.7 Å². The van der Waals surface area contributed by atoms with Crippen molar-refractivity contribution in [2.45, 2.75) is 13.0 Å². The van der Waals surface area contributed by atoms with Crippen LogP contribution in [-0.2, 0) is 18.3 Å². The molecule has 3 aromatic heterocycles. The van der Waals surface area contributed by atoms with Crippen LogP contribution in [0.15, 0.2) is 24.3 Å². The summed E-state index contributed by atoms with van der Waals surface area (Å²) < 4.78 is 9.28. The number of nitrogens with two attached hydrogens (primary N) is 1. The van der Waals surface area contributed by atoms with Crippen LogP contribution in [0, 0.1) is 22.7 Å². The van der Waals surface area contributed by atoms with Crippen molar-refractivity contribution in [1.29, 1.82) is 10.5 Å². The van der Waals surface area contributed by atoms with Crippen LogP contribution < -0.4 is 5.73 Å². The molecule has 0 saturated carbocycles. The first-order valence-electron chi connectivity index (χ1n) is 10.8. The van der Waals surface area contributed by atoms with Crippen molar-refractivity contribution in [3.63, 3.8) is 0 Å². The SMILES string of the molecule is Cn1c(-c2c(N)n(CCCN3CCOCC3)c3nc(C#N)c(C#N)nc23)nc2ccccc21. The Balaban J connectivity index is 1.63. The molecule has 10 heteroatoms. The summed E-state index contributed by atoms with van der Waals surface area (Å²) in [4.78, 5) is 16.1. The fourth-order valence-corrected chi connectivity index (χ4v) is 4.40. The van der Waals surface area contributed by atoms with Gasteiger partial charge in [0, 0.05) is 33.2 Å². The highest BCUT2D eigenvalue weighted by Gasteiger charge is 2.25. The molecular weight excluding hydrogens is 418 g/mol. The van der Waals surface area contributed by atoms with Gasteiger partial charge in [0.1, 0.15) is 29.3 Å². The predicted molar refractivity (Wildman–Crippen MR) is 123 cm³/mol. The van der Waals surface area contributed by atoms with Crippen molar-refractivity contribution in [3.8, 4) is 23.5 Å². The lowest BCUT2D eigenvalue weighted by Crippen LogP contribution is -2.37. The Morgan fingerprint density at radius 1 is 1.03 bits per heavy atom. The first kappa shape index (κ1) is 20.9. The lowest BCUT2D eigenvalue weighted by molar-refractivity contribution is 0.0370. The summed E-state index contributed by atoms with van der Waals surface area (Å²) >= 11 is 0. The average Bonchev–Trinajstić information content (AvgIpc) is 3.31. The third-order valence-corrected chi connectivity index (χ3v) is 6.10. The molecule has 0 amide bonds. The molecule has 33 heavy (non-hydrogen) atoms. The largest absolute Gasteiger partial charge is 0.384 e. The van der Waals surface area contributed by atoms with E-state index in [9.17, 15) is 10.5 Å². The van der Waals surface area contributed by atoms with E-state index in [0.717, 1.165) is 50.3 Å². The molecule has 4 heterocycles. The molecule has 166 valence electrons. The topological polar surface area (TPSA) is 135 Å². The van der Waals surface area contributed by atoms with Gasteiger partial charge in [-0.2, -0.15) is 10.5 Å². The van der Waals surface area contributed by atoms with Crippen LogP contribution in [0.4, 0.5) is 5.82 Å². The highest BCUT2D eigenvalue weighted by atomic mass is 16.5. The number of nitrogen functional groups attached to an aromatic ring is 1. The summed E-state index contributed by atoms with van der Waals surface area (Å²) in [6.45, 7) is 4.83. The monoisotopic (exact) mass is 441 g/mol. The van der Waals surface area contributed by atoms with Gasteiger partial charge < -0.3 is 19.6 Å². The zero-order valence-corrected chi connectivity index (χ0v) is 18.3. The standard InChI is InChI=1S/C23H23N9O/c1-30-18-6-3-2-5-15(18)28-22(30)19-20-23(29-17(14-25)16(13-24)27-20)32(21(19)26)8-4-7-31-9-11-33-12-10-31/h2-3,5-6H,4,7-12,26H2,1H3. The maximum absolute atomic E-state index is 9.52. The molecule has 0 unspecified atom stereocenters. The number of hydrogen-bond acceptors (Lipinski definition) is 8. The van der Waals surface area contributed by atoms with Crippen LogP contribution in [0.2, 0.25) is 0 Å². The van der Waals surface area contributed by atoms with Crippen LogP contribution >= 0.6 is 0 Å². The van der Waals surface area contributed by atoms with Gasteiger partial charge in [-0.3, -0.25) is 4.90 Å². The van der Waals surface area contributed by atoms with Crippen molar-refractivity contribution in [2.24, 2.45) is 7.05 Å². The predicted octanol–water partition coefficient (Wildman–Crippen LogP) is 2.03. The number of rotatable bonds is 5. The molecule has 0 spiro atoms. The van der Waals surface area contributed by atoms with Gasteiger partial charge >= 0.3 is 0 Å². The van der Waals surface area contributed by atoms with Gasteiger partial charge in [0.05, 0.1) is 29.8 Å². The van der Waals surface area contributed by atoms with Crippen molar-refractivity contribution in [1.82, 2.24) is 29.0 Å². The van der Waals surface area contributed by atoms with Crippen LogP contribution in [0.5, 0.6) is 0 Å². The van der Waals surface area contributed by atoms with Gasteiger partial charge in [0.15, 0.2) is 17.0 Å². The van der Waals surface area contributed by atoms with Crippen molar-refractivity contribution in [2.75, 3.05) is 38.6 Å². The quantitative estimate of drug-likeness (QED) is 0.497. The van der Waals surface area contributed by atoms with Gasteiger partial charge in [0.2, 0.25) is 0 Å². The molecule has 10 nitrogen and oxygen atoms in total.